The van der Waals surface area contributed by atoms with Gasteiger partial charge in [0.15, 0.2) is 0 Å². The second-order valence-corrected chi connectivity index (χ2v) is 4.96. The zero-order valence-corrected chi connectivity index (χ0v) is 18.1. The second-order valence-electron chi connectivity index (χ2n) is 4.11. The zero-order valence-electron chi connectivity index (χ0n) is 12.6. The minimum absolute atomic E-state index is 0. The minimum Gasteiger partial charge on any atom is -0.858 e. The van der Waals surface area contributed by atoms with Crippen molar-refractivity contribution >= 4 is 35.1 Å². The number of nitrogens with zero attached hydrogens (tertiary/aromatic N) is 2. The predicted molar refractivity (Wildman–Crippen MR) is 74.5 cm³/mol. The number of hydrogen-bond acceptors (Lipinski definition) is 6. The number of anilines is 1. The van der Waals surface area contributed by atoms with Gasteiger partial charge in [-0.05, 0) is 24.1 Å². The summed E-state index contributed by atoms with van der Waals surface area (Å²) in [4.78, 5) is 17.8. The van der Waals surface area contributed by atoms with Crippen LogP contribution in [0.3, 0.4) is 0 Å². The monoisotopic (exact) mass is 371 g/mol. The van der Waals surface area contributed by atoms with Crippen LogP contribution in [0.25, 0.3) is 0 Å². The standard InChI is InChI=1S/C13H11Cl2N3O3.2Na/c14-8-2-1-7(10(15)5-8)3-4-16-13-17-6-9(12(20)21)11(19)18-13;;/h1-2,5-6H,3-4H2,(H,20,21)(H2,16,17,18,19);;/q;2*+1/p-2. The molecule has 1 N–H and O–H groups in total. The molecule has 10 heteroatoms. The summed E-state index contributed by atoms with van der Waals surface area (Å²) >= 11 is 11.8. The third-order valence-corrected chi connectivity index (χ3v) is 3.25. The van der Waals surface area contributed by atoms with E-state index in [-0.39, 0.29) is 65.1 Å². The molecule has 0 bridgehead atoms. The molecular weight excluding hydrogens is 363 g/mol. The minimum atomic E-state index is -1.60. The van der Waals surface area contributed by atoms with Crippen LogP contribution >= 0.6 is 23.2 Å². The van der Waals surface area contributed by atoms with Crippen molar-refractivity contribution in [2.24, 2.45) is 0 Å². The summed E-state index contributed by atoms with van der Waals surface area (Å²) in [6, 6.07) is 5.16. The quantitative estimate of drug-likeness (QED) is 0.527. The SMILES string of the molecule is O=C([O-])c1cnc(NCCc2ccc(Cl)cc2Cl)nc1[O-].[Na+].[Na+]. The van der Waals surface area contributed by atoms with Crippen molar-refractivity contribution in [2.75, 3.05) is 11.9 Å². The van der Waals surface area contributed by atoms with Crippen LogP contribution in [0.4, 0.5) is 5.95 Å². The summed E-state index contributed by atoms with van der Waals surface area (Å²) in [7, 11) is 0. The summed E-state index contributed by atoms with van der Waals surface area (Å²) in [6.07, 6.45) is 1.48. The van der Waals surface area contributed by atoms with E-state index in [9.17, 15) is 15.0 Å². The molecule has 23 heavy (non-hydrogen) atoms. The van der Waals surface area contributed by atoms with E-state index in [0.29, 0.717) is 23.0 Å². The number of hydrogen-bond donors (Lipinski definition) is 1. The van der Waals surface area contributed by atoms with Crippen molar-refractivity contribution in [1.29, 1.82) is 0 Å². The Morgan fingerprint density at radius 3 is 2.52 bits per heavy atom. The van der Waals surface area contributed by atoms with Crippen LogP contribution in [-0.2, 0) is 6.42 Å². The van der Waals surface area contributed by atoms with Gasteiger partial charge in [0, 0.05) is 34.2 Å². The number of rotatable bonds is 5. The van der Waals surface area contributed by atoms with Gasteiger partial charge in [-0.3, -0.25) is 0 Å². The van der Waals surface area contributed by atoms with Gasteiger partial charge in [-0.2, -0.15) is 0 Å². The number of carbonyl (C=O) groups is 1. The van der Waals surface area contributed by atoms with E-state index in [1.165, 1.54) is 0 Å². The fraction of sp³-hybridized carbons (Fsp3) is 0.154. The Labute approximate surface area is 187 Å². The van der Waals surface area contributed by atoms with Gasteiger partial charge < -0.3 is 20.3 Å². The Balaban J connectivity index is 0.00000242. The van der Waals surface area contributed by atoms with E-state index < -0.39 is 17.4 Å². The van der Waals surface area contributed by atoms with Gasteiger partial charge in [-0.25, -0.2) is 9.97 Å². The first-order chi connectivity index (χ1) is 9.97. The van der Waals surface area contributed by atoms with Crippen LogP contribution in [0.1, 0.15) is 15.9 Å². The summed E-state index contributed by atoms with van der Waals surface area (Å²) in [6.45, 7) is 0.422. The molecule has 0 atom stereocenters. The summed E-state index contributed by atoms with van der Waals surface area (Å²) in [5.41, 5.74) is 0.309. The van der Waals surface area contributed by atoms with E-state index in [2.05, 4.69) is 15.3 Å². The van der Waals surface area contributed by atoms with Gasteiger partial charge in [0.2, 0.25) is 5.95 Å². The Morgan fingerprint density at radius 1 is 1.26 bits per heavy atom. The van der Waals surface area contributed by atoms with E-state index >= 15 is 0 Å². The number of aromatic carboxylic acids is 1. The molecule has 0 radical (unpaired) electrons. The molecule has 0 spiro atoms. The van der Waals surface area contributed by atoms with E-state index in [1.807, 2.05) is 0 Å². The van der Waals surface area contributed by atoms with Crippen LogP contribution in [-0.4, -0.2) is 22.5 Å². The molecule has 6 nitrogen and oxygen atoms in total. The number of benzene rings is 1. The van der Waals surface area contributed by atoms with Crippen LogP contribution in [0, 0.1) is 0 Å². The van der Waals surface area contributed by atoms with Crippen molar-refractivity contribution in [3.63, 3.8) is 0 Å². The molecule has 0 saturated heterocycles. The van der Waals surface area contributed by atoms with Gasteiger partial charge in [-0.15, -0.1) is 0 Å². The van der Waals surface area contributed by atoms with Crippen LogP contribution in [0.2, 0.25) is 10.0 Å². The summed E-state index contributed by atoms with van der Waals surface area (Å²) < 4.78 is 0. The predicted octanol–water partition coefficient (Wildman–Crippen LogP) is -5.12. The van der Waals surface area contributed by atoms with E-state index in [1.54, 1.807) is 18.2 Å². The van der Waals surface area contributed by atoms with Crippen molar-refractivity contribution < 1.29 is 74.1 Å². The zero-order chi connectivity index (χ0) is 15.4. The molecule has 1 heterocycles. The number of carbonyl (C=O) groups excluding carboxylic acids is 1. The molecule has 0 fully saturated rings. The second kappa shape index (κ2) is 10.7. The maximum Gasteiger partial charge on any atom is 1.00 e. The number of halogens is 2. The van der Waals surface area contributed by atoms with Gasteiger partial charge >= 0.3 is 59.1 Å². The third kappa shape index (κ3) is 6.76. The van der Waals surface area contributed by atoms with Crippen LogP contribution in [0.5, 0.6) is 5.88 Å². The maximum atomic E-state index is 11.4. The molecule has 0 amide bonds. The number of carboxylic acid groups (broad SMARTS) is 1. The Bertz CT molecular complexity index is 690. The van der Waals surface area contributed by atoms with E-state index in [0.717, 1.165) is 11.8 Å². The molecule has 2 aromatic rings. The Morgan fingerprint density at radius 2 is 1.96 bits per heavy atom. The Kier molecular flexibility index (Phi) is 10.7. The van der Waals surface area contributed by atoms with Crippen molar-refractivity contribution in [2.45, 2.75) is 6.42 Å². The Hall–Kier alpha value is -0.0500. The van der Waals surface area contributed by atoms with Gasteiger partial charge in [0.25, 0.3) is 0 Å². The average Bonchev–Trinajstić information content (AvgIpc) is 2.41. The molecule has 0 saturated carbocycles. The first-order valence-electron chi connectivity index (χ1n) is 5.90. The molecule has 0 aliphatic heterocycles. The first-order valence-corrected chi connectivity index (χ1v) is 6.66. The first kappa shape index (κ1) is 22.9. The summed E-state index contributed by atoms with van der Waals surface area (Å²) in [5.74, 6) is -2.44. The summed E-state index contributed by atoms with van der Waals surface area (Å²) in [5, 5.41) is 25.8. The normalized spacial score (nSPS) is 9.48. The molecule has 0 aliphatic carbocycles. The van der Waals surface area contributed by atoms with Crippen molar-refractivity contribution in [3.8, 4) is 5.88 Å². The van der Waals surface area contributed by atoms with Gasteiger partial charge in [0.1, 0.15) is 0 Å². The third-order valence-electron chi connectivity index (χ3n) is 2.67. The molecule has 0 unspecified atom stereocenters. The number of nitrogens with one attached hydrogen (secondary N) is 1. The van der Waals surface area contributed by atoms with Crippen LogP contribution < -0.4 is 74.6 Å². The van der Waals surface area contributed by atoms with E-state index in [4.69, 9.17) is 23.2 Å². The molecular formula is C13H9Cl2N3Na2O3. The molecule has 110 valence electrons. The van der Waals surface area contributed by atoms with Gasteiger partial charge in [-0.1, -0.05) is 29.3 Å². The molecule has 1 aromatic carbocycles. The topological polar surface area (TPSA) is 101 Å². The smallest absolute Gasteiger partial charge is 0.858 e. The molecule has 0 aliphatic rings. The number of carboxylic acids is 1. The number of aromatic nitrogens is 2. The van der Waals surface area contributed by atoms with Crippen molar-refractivity contribution in [1.82, 2.24) is 9.97 Å². The fourth-order valence-electron chi connectivity index (χ4n) is 1.62. The van der Waals surface area contributed by atoms with Crippen molar-refractivity contribution in [3.05, 3.63) is 45.6 Å². The maximum absolute atomic E-state index is 11.4. The van der Waals surface area contributed by atoms with Crippen LogP contribution in [0.15, 0.2) is 24.4 Å². The largest absolute Gasteiger partial charge is 1.00 e. The van der Waals surface area contributed by atoms with Gasteiger partial charge in [0.05, 0.1) is 5.97 Å². The molecule has 1 aromatic heterocycles. The average molecular weight is 372 g/mol. The fourth-order valence-corrected chi connectivity index (χ4v) is 2.13. The molecule has 2 rings (SSSR count).